The van der Waals surface area contributed by atoms with E-state index < -0.39 is 183 Å². The number of benzene rings is 3. The van der Waals surface area contributed by atoms with E-state index in [4.69, 9.17) is 24.7 Å². The van der Waals surface area contributed by atoms with Crippen LogP contribution >= 0.6 is 23.7 Å². The average molecular weight is 1340 g/mol. The van der Waals surface area contributed by atoms with Crippen molar-refractivity contribution in [1.29, 1.82) is 0 Å². The normalized spacial score (nSPS) is 26.0. The Hall–Kier alpha value is -7.13. The summed E-state index contributed by atoms with van der Waals surface area (Å²) < 4.78 is 16.9. The number of primary amides is 1. The Bertz CT molecular complexity index is 3460. The minimum atomic E-state index is -2.54. The Morgan fingerprint density at radius 1 is 0.817 bits per heavy atom. The monoisotopic (exact) mass is 1340 g/mol. The van der Waals surface area contributed by atoms with E-state index in [2.05, 4.69) is 36.0 Å². The average Bonchev–Trinajstić information content (AvgIpc) is 1.71. The van der Waals surface area contributed by atoms with Crippen LogP contribution in [-0.4, -0.2) is 211 Å². The molecule has 1 aliphatic carbocycles. The van der Waals surface area contributed by atoms with Crippen LogP contribution in [0, 0.1) is 5.92 Å². The molecule has 14 unspecified atom stereocenters. The van der Waals surface area contributed by atoms with Crippen molar-refractivity contribution in [2.45, 2.75) is 150 Å². The number of imidazole rings is 1. The van der Waals surface area contributed by atoms with Crippen LogP contribution in [0.3, 0.4) is 0 Å². The van der Waals surface area contributed by atoms with Crippen LogP contribution in [0.15, 0.2) is 72.9 Å². The third kappa shape index (κ3) is 17.2. The van der Waals surface area contributed by atoms with Gasteiger partial charge in [0.15, 0.2) is 11.5 Å². The number of aliphatic hydroxyl groups excluding tert-OH is 7. The minimum absolute atomic E-state index is 0. The first-order valence-corrected chi connectivity index (χ1v) is 30.9. The summed E-state index contributed by atoms with van der Waals surface area (Å²) in [6.07, 6.45) is -8.70. The summed E-state index contributed by atoms with van der Waals surface area (Å²) in [5.41, 5.74) is 6.97. The van der Waals surface area contributed by atoms with Crippen molar-refractivity contribution in [3.8, 4) is 39.1 Å². The van der Waals surface area contributed by atoms with Gasteiger partial charge in [0.05, 0.1) is 54.9 Å². The number of aliphatic hydroxyl groups is 7. The van der Waals surface area contributed by atoms with Crippen molar-refractivity contribution in [3.05, 3.63) is 84.1 Å². The smallest absolute Gasteiger partial charge is 0.691 e. The molecule has 8 amide bonds. The number of hydrogen-bond donors (Lipinski definition) is 14. The third-order valence-corrected chi connectivity index (χ3v) is 17.7. The van der Waals surface area contributed by atoms with Gasteiger partial charge in [0.25, 0.3) is 18.2 Å². The number of carbonyl (C=O) groups excluding carboxylic acids is 8. The number of ether oxygens (including phenoxy) is 1. The number of amides is 8. The quantitative estimate of drug-likeness (QED) is 0.0135. The van der Waals surface area contributed by atoms with Gasteiger partial charge >= 0.3 is 29.6 Å². The molecule has 3 saturated heterocycles. The summed E-state index contributed by atoms with van der Waals surface area (Å²) in [6.45, 7) is 0.676. The van der Waals surface area contributed by atoms with E-state index >= 15 is 0 Å². The van der Waals surface area contributed by atoms with Crippen LogP contribution in [0.2, 0.25) is 0 Å². The van der Waals surface area contributed by atoms with Crippen LogP contribution in [0.4, 0.5) is 0 Å². The molecule has 93 heavy (non-hydrogen) atoms. The molecule has 5 heterocycles. The molecule has 35 heteroatoms. The molecule has 9 rings (SSSR count). The van der Waals surface area contributed by atoms with E-state index in [1.165, 1.54) is 36.8 Å². The van der Waals surface area contributed by atoms with Crippen LogP contribution in [-0.2, 0) is 42.9 Å². The van der Waals surface area contributed by atoms with E-state index in [9.17, 15) is 84.5 Å². The number of aromatic hydroxyl groups is 1. The molecule has 32 nitrogen and oxygen atoms in total. The fraction of sp³-hybridized carbons (Fsp3) is 0.483. The van der Waals surface area contributed by atoms with Gasteiger partial charge in [-0.05, 0) is 86.7 Å². The van der Waals surface area contributed by atoms with E-state index in [1.807, 2.05) is 24.3 Å². The standard InChI is InChI=1S/C58H71N11O21S2.Na/c1-26-23-68-46(47(26)76)54(83)60-22-32(71)19-36(61-50(79)29-10-8-28(9-11-29)37-25-69-58(62-37)91-55(66-69)30-12-15-35(16-13-30)87-34-6-4-3-5-7-34)51(80)63-43(27(2)70)56(84)67-24-33(72)20-38(67)52(81)65-45(53(82)64-44(57(68)85)40(74)21-42(59)75)49(78)48(77)31-14-17-39(73)41(18-31)88-92-90-89-86;/h8-18,25-27,32-34,36,38,40,43-49,70-74,76-78,86H,3-7,19-24H2,1-2H3,(H2,59,75)(H,60,83)(H,61,79)(H,63,80)(H,64,82)(H,65,81);/q;+1/p-1. The Balaban J connectivity index is 0.0000111. The largest absolute Gasteiger partial charge is 1.00 e. The van der Waals surface area contributed by atoms with Crippen LogP contribution in [0.25, 0.3) is 26.8 Å². The van der Waals surface area contributed by atoms with Crippen LogP contribution in [0.5, 0.6) is 17.2 Å². The van der Waals surface area contributed by atoms with Gasteiger partial charge in [-0.1, -0.05) is 42.9 Å². The van der Waals surface area contributed by atoms with E-state index in [-0.39, 0.29) is 59.1 Å². The zero-order valence-corrected chi connectivity index (χ0v) is 54.0. The first-order chi connectivity index (χ1) is 43.9. The Morgan fingerprint density at radius 3 is 2.15 bits per heavy atom. The number of nitrogens with one attached hydrogen (secondary N) is 5. The molecule has 2 aromatic heterocycles. The summed E-state index contributed by atoms with van der Waals surface area (Å²) in [4.78, 5) is 120. The Morgan fingerprint density at radius 2 is 1.48 bits per heavy atom. The summed E-state index contributed by atoms with van der Waals surface area (Å²) in [5.74, 6) is -11.2. The van der Waals surface area contributed by atoms with Gasteiger partial charge in [-0.25, -0.2) is 9.50 Å². The topological polar surface area (TPSA) is 481 Å². The number of carbonyl (C=O) groups is 8. The number of β-amino-alcohol motifs (C(OH)–C–C–N with tert-alkyl or cyclic N) is 1. The fourth-order valence-corrected chi connectivity index (χ4v) is 12.6. The van der Waals surface area contributed by atoms with Crippen molar-refractivity contribution in [1.82, 2.24) is 51.0 Å². The maximum Gasteiger partial charge on any atom is 1.00 e. The summed E-state index contributed by atoms with van der Waals surface area (Å²) in [5, 5.41) is 121. The Kier molecular flexibility index (Phi) is 24.6. The number of hydrogen-bond acceptors (Lipinski definition) is 25. The fourth-order valence-electron chi connectivity index (χ4n) is 11.5. The molecule has 4 fully saturated rings. The molecule has 0 radical (unpaired) electrons. The zero-order chi connectivity index (χ0) is 66.2. The van der Waals surface area contributed by atoms with E-state index in [0.717, 1.165) is 76.9 Å². The minimum Gasteiger partial charge on any atom is -0.691 e. The maximum absolute atomic E-state index is 14.7. The van der Waals surface area contributed by atoms with Crippen LogP contribution in [0.1, 0.15) is 87.2 Å². The van der Waals surface area contributed by atoms with Crippen molar-refractivity contribution >= 4 is 75.9 Å². The van der Waals surface area contributed by atoms with Crippen molar-refractivity contribution < 1.29 is 132 Å². The molecule has 0 bridgehead atoms. The van der Waals surface area contributed by atoms with Gasteiger partial charge < -0.3 is 97.1 Å². The summed E-state index contributed by atoms with van der Waals surface area (Å²) in [6, 6.07) is 4.32. The Labute approximate surface area is 560 Å². The maximum atomic E-state index is 14.7. The number of fused-ring (bicyclic) bond motifs is 3. The second-order valence-corrected chi connectivity index (χ2v) is 24.5. The molecular formula is C58H70N11NaO21S2. The van der Waals surface area contributed by atoms with Gasteiger partial charge in [0.1, 0.15) is 59.2 Å². The van der Waals surface area contributed by atoms with E-state index in [1.54, 1.807) is 22.8 Å². The van der Waals surface area contributed by atoms with Gasteiger partial charge in [-0.15, -0.1) is 4.33 Å². The number of aromatic nitrogens is 3. The predicted octanol–water partition coefficient (Wildman–Crippen LogP) is -5.97. The van der Waals surface area contributed by atoms with E-state index in [0.29, 0.717) is 16.2 Å². The van der Waals surface area contributed by atoms with Gasteiger partial charge in [-0.3, -0.25) is 43.4 Å². The number of nitrogens with zero attached hydrogens (tertiary/aromatic N) is 5. The predicted molar refractivity (Wildman–Crippen MR) is 318 cm³/mol. The molecule has 3 aromatic carbocycles. The summed E-state index contributed by atoms with van der Waals surface area (Å²) >= 11 is 1.27. The zero-order valence-electron chi connectivity index (χ0n) is 50.4. The molecule has 14 atom stereocenters. The second kappa shape index (κ2) is 31.9. The van der Waals surface area contributed by atoms with Crippen molar-refractivity contribution in [2.75, 3.05) is 19.6 Å². The molecule has 4 aliphatic rings. The van der Waals surface area contributed by atoms with Gasteiger partial charge in [0, 0.05) is 55.1 Å². The molecular weight excluding hydrogens is 1270 g/mol. The number of rotatable bonds is 17. The SMILES string of the molecule is CC(O)C1NC(=O)C(NC(=O)c2ccc(-c3cn4nc(-c5ccc(OC6CCCCC6)cc5)sc4n3)cc2)CC(O)CNC(=O)C2C(O)C(C)CN2C(=O)C(C(O)CC(N)=O)NC(=O)C(C(O)C(O)c2ccc(O)c(OSOO[O-])c2)NC(=O)C2CC(O)CN2C1=O.[Na+]. The molecule has 5 aromatic rings. The second-order valence-electron chi connectivity index (χ2n) is 23.1. The summed E-state index contributed by atoms with van der Waals surface area (Å²) in [7, 11) is 0. The molecule has 0 spiro atoms. The molecule has 496 valence electrons. The van der Waals surface area contributed by atoms with Crippen molar-refractivity contribution in [3.63, 3.8) is 0 Å². The first kappa shape index (κ1) is 71.7. The molecule has 3 aliphatic heterocycles. The third-order valence-electron chi connectivity index (χ3n) is 16.4. The molecule has 1 saturated carbocycles. The van der Waals surface area contributed by atoms with Gasteiger partial charge in [0.2, 0.25) is 46.3 Å². The number of phenols is 1. The number of phenolic OH excluding ortho intramolecular Hbond substituents is 1. The van der Waals surface area contributed by atoms with Gasteiger partial charge in [-0.2, -0.15) is 5.10 Å². The molecule has 15 N–H and O–H groups in total. The number of nitrogens with two attached hydrogens (primary N) is 1. The first-order valence-electron chi connectivity index (χ1n) is 29.4. The van der Waals surface area contributed by atoms with Crippen molar-refractivity contribution in [2.24, 2.45) is 11.7 Å². The van der Waals surface area contributed by atoms with Crippen LogP contribution < -0.4 is 76.1 Å².